The molecule has 1 amide bonds. The fourth-order valence-electron chi connectivity index (χ4n) is 3.74. The van der Waals surface area contributed by atoms with Gasteiger partial charge in [-0.05, 0) is 47.9 Å². The number of nitrogens with one attached hydrogen (secondary N) is 1. The van der Waals surface area contributed by atoms with Gasteiger partial charge >= 0.3 is 5.97 Å². The van der Waals surface area contributed by atoms with Crippen molar-refractivity contribution in [1.29, 1.82) is 0 Å². The molecule has 0 aliphatic rings. The molecule has 5 nitrogen and oxygen atoms in total. The van der Waals surface area contributed by atoms with Crippen molar-refractivity contribution in [3.63, 3.8) is 0 Å². The van der Waals surface area contributed by atoms with Gasteiger partial charge in [-0.2, -0.15) is 0 Å². The zero-order valence-electron chi connectivity index (χ0n) is 16.6. The Kier molecular flexibility index (Phi) is 5.35. The molecule has 0 bridgehead atoms. The molecule has 3 aromatic carbocycles. The highest BCUT2D eigenvalue weighted by Gasteiger charge is 2.14. The summed E-state index contributed by atoms with van der Waals surface area (Å²) >= 11 is 0. The Labute approximate surface area is 174 Å². The standard InChI is InChI=1S/C25H22N2O3/c1-17-13-20(26-24(28)14-18-7-3-2-4-8-18)11-12-22(17)27-16-19(15-25(29)30)21-9-5-6-10-23(21)27/h2-13,16H,14-15H2,1H3,(H,26,28)(H,29,30). The van der Waals surface area contributed by atoms with Gasteiger partial charge in [-0.1, -0.05) is 48.5 Å². The number of carbonyl (C=O) groups excluding carboxylic acids is 1. The maximum absolute atomic E-state index is 12.4. The molecule has 1 heterocycles. The van der Waals surface area contributed by atoms with Gasteiger partial charge in [-0.3, -0.25) is 9.59 Å². The number of carbonyl (C=O) groups is 2. The second-order valence-electron chi connectivity index (χ2n) is 7.32. The predicted molar refractivity (Wildman–Crippen MR) is 118 cm³/mol. The topological polar surface area (TPSA) is 71.3 Å². The SMILES string of the molecule is Cc1cc(NC(=O)Cc2ccccc2)ccc1-n1cc(CC(=O)O)c2ccccc21. The summed E-state index contributed by atoms with van der Waals surface area (Å²) in [6.07, 6.45) is 2.18. The first-order chi connectivity index (χ1) is 14.5. The zero-order chi connectivity index (χ0) is 21.1. The minimum absolute atomic E-state index is 0.0276. The van der Waals surface area contributed by atoms with E-state index < -0.39 is 5.97 Å². The second-order valence-corrected chi connectivity index (χ2v) is 7.32. The minimum Gasteiger partial charge on any atom is -0.481 e. The highest BCUT2D eigenvalue weighted by atomic mass is 16.4. The van der Waals surface area contributed by atoms with Crippen molar-refractivity contribution in [2.24, 2.45) is 0 Å². The van der Waals surface area contributed by atoms with Crippen LogP contribution in [0.4, 0.5) is 5.69 Å². The highest BCUT2D eigenvalue weighted by Crippen LogP contribution is 2.28. The van der Waals surface area contributed by atoms with E-state index in [0.717, 1.165) is 39.0 Å². The molecule has 0 spiro atoms. The Morgan fingerprint density at radius 2 is 1.67 bits per heavy atom. The molecule has 0 saturated carbocycles. The van der Waals surface area contributed by atoms with Crippen LogP contribution in [0.5, 0.6) is 0 Å². The van der Waals surface area contributed by atoms with E-state index in [1.54, 1.807) is 0 Å². The van der Waals surface area contributed by atoms with Gasteiger partial charge in [-0.25, -0.2) is 0 Å². The van der Waals surface area contributed by atoms with Crippen LogP contribution in [0.25, 0.3) is 16.6 Å². The third-order valence-corrected chi connectivity index (χ3v) is 5.08. The number of para-hydroxylation sites is 1. The molecule has 0 atom stereocenters. The van der Waals surface area contributed by atoms with Crippen molar-refractivity contribution < 1.29 is 14.7 Å². The third kappa shape index (κ3) is 4.10. The van der Waals surface area contributed by atoms with E-state index in [9.17, 15) is 14.7 Å². The molecule has 1 aromatic heterocycles. The number of anilines is 1. The molecule has 4 aromatic rings. The number of nitrogens with zero attached hydrogens (tertiary/aromatic N) is 1. The summed E-state index contributed by atoms with van der Waals surface area (Å²) in [6.45, 7) is 1.98. The lowest BCUT2D eigenvalue weighted by molar-refractivity contribution is -0.136. The molecule has 0 radical (unpaired) electrons. The Morgan fingerprint density at radius 1 is 0.933 bits per heavy atom. The Hall–Kier alpha value is -3.86. The molecule has 0 unspecified atom stereocenters. The summed E-state index contributed by atoms with van der Waals surface area (Å²) in [7, 11) is 0. The first-order valence-corrected chi connectivity index (χ1v) is 9.77. The van der Waals surface area contributed by atoms with Crippen LogP contribution < -0.4 is 5.32 Å². The van der Waals surface area contributed by atoms with Crippen LogP contribution in [0.15, 0.2) is 79.0 Å². The first-order valence-electron chi connectivity index (χ1n) is 9.77. The fourth-order valence-corrected chi connectivity index (χ4v) is 3.74. The van der Waals surface area contributed by atoms with Crippen molar-refractivity contribution in [1.82, 2.24) is 4.57 Å². The number of aromatic nitrogens is 1. The summed E-state index contributed by atoms with van der Waals surface area (Å²) in [5.41, 5.74) is 5.36. The predicted octanol–water partition coefficient (Wildman–Crippen LogP) is 4.75. The Balaban J connectivity index is 1.61. The van der Waals surface area contributed by atoms with Crippen LogP contribution in [-0.2, 0) is 22.4 Å². The van der Waals surface area contributed by atoms with Gasteiger partial charge in [0, 0.05) is 23.0 Å². The number of aliphatic carboxylic acids is 1. The molecular weight excluding hydrogens is 376 g/mol. The molecule has 0 aliphatic heterocycles. The number of amides is 1. The largest absolute Gasteiger partial charge is 0.481 e. The van der Waals surface area contributed by atoms with Gasteiger partial charge in [0.1, 0.15) is 0 Å². The summed E-state index contributed by atoms with van der Waals surface area (Å²) in [5, 5.41) is 13.1. The molecule has 0 saturated heterocycles. The normalized spacial score (nSPS) is 10.8. The highest BCUT2D eigenvalue weighted by molar-refractivity contribution is 5.93. The fraction of sp³-hybridized carbons (Fsp3) is 0.120. The van der Waals surface area contributed by atoms with E-state index in [-0.39, 0.29) is 12.3 Å². The molecule has 4 rings (SSSR count). The number of aryl methyl sites for hydroxylation is 1. The van der Waals surface area contributed by atoms with Crippen LogP contribution in [0, 0.1) is 6.92 Å². The number of benzene rings is 3. The van der Waals surface area contributed by atoms with Gasteiger partial charge in [-0.15, -0.1) is 0 Å². The van der Waals surface area contributed by atoms with E-state index in [2.05, 4.69) is 5.32 Å². The van der Waals surface area contributed by atoms with Crippen molar-refractivity contribution in [3.05, 3.63) is 95.7 Å². The molecule has 2 N–H and O–H groups in total. The van der Waals surface area contributed by atoms with Crippen LogP contribution >= 0.6 is 0 Å². The number of fused-ring (bicyclic) bond motifs is 1. The third-order valence-electron chi connectivity index (χ3n) is 5.08. The number of carboxylic acid groups (broad SMARTS) is 1. The number of hydrogen-bond acceptors (Lipinski definition) is 2. The zero-order valence-corrected chi connectivity index (χ0v) is 16.6. The quantitative estimate of drug-likeness (QED) is 0.492. The summed E-state index contributed by atoms with van der Waals surface area (Å²) in [4.78, 5) is 23.6. The van der Waals surface area contributed by atoms with Crippen LogP contribution in [0.1, 0.15) is 16.7 Å². The molecular formula is C25H22N2O3. The van der Waals surface area contributed by atoms with Crippen molar-refractivity contribution in [2.75, 3.05) is 5.32 Å². The van der Waals surface area contributed by atoms with E-state index in [0.29, 0.717) is 6.42 Å². The Bertz CT molecular complexity index is 1230. The van der Waals surface area contributed by atoms with E-state index in [4.69, 9.17) is 0 Å². The lowest BCUT2D eigenvalue weighted by Gasteiger charge is -2.12. The number of carboxylic acids is 1. The van der Waals surface area contributed by atoms with Crippen molar-refractivity contribution in [2.45, 2.75) is 19.8 Å². The van der Waals surface area contributed by atoms with Gasteiger partial charge in [0.2, 0.25) is 5.91 Å². The maximum Gasteiger partial charge on any atom is 0.307 e. The van der Waals surface area contributed by atoms with Crippen LogP contribution in [-0.4, -0.2) is 21.6 Å². The lowest BCUT2D eigenvalue weighted by atomic mass is 10.1. The second kappa shape index (κ2) is 8.25. The monoisotopic (exact) mass is 398 g/mol. The molecule has 0 fully saturated rings. The first kappa shape index (κ1) is 19.5. The Morgan fingerprint density at radius 3 is 2.40 bits per heavy atom. The van der Waals surface area contributed by atoms with Gasteiger partial charge in [0.05, 0.1) is 18.4 Å². The van der Waals surface area contributed by atoms with E-state index in [1.807, 2.05) is 90.5 Å². The van der Waals surface area contributed by atoms with Gasteiger partial charge in [0.25, 0.3) is 0 Å². The average molecular weight is 398 g/mol. The number of hydrogen-bond donors (Lipinski definition) is 2. The average Bonchev–Trinajstić information content (AvgIpc) is 3.06. The smallest absolute Gasteiger partial charge is 0.307 e. The minimum atomic E-state index is -0.855. The van der Waals surface area contributed by atoms with Crippen LogP contribution in [0.3, 0.4) is 0 Å². The van der Waals surface area contributed by atoms with E-state index >= 15 is 0 Å². The maximum atomic E-state index is 12.4. The van der Waals surface area contributed by atoms with Crippen LogP contribution in [0.2, 0.25) is 0 Å². The summed E-state index contributed by atoms with van der Waals surface area (Å²) in [6, 6.07) is 23.2. The van der Waals surface area contributed by atoms with Gasteiger partial charge < -0.3 is 15.0 Å². The lowest BCUT2D eigenvalue weighted by Crippen LogP contribution is -2.14. The molecule has 0 aliphatic carbocycles. The van der Waals surface area contributed by atoms with Crippen molar-refractivity contribution in [3.8, 4) is 5.69 Å². The van der Waals surface area contributed by atoms with Crippen molar-refractivity contribution >= 4 is 28.5 Å². The molecule has 5 heteroatoms. The molecule has 150 valence electrons. The summed E-state index contributed by atoms with van der Waals surface area (Å²) < 4.78 is 2.01. The summed E-state index contributed by atoms with van der Waals surface area (Å²) in [5.74, 6) is -0.922. The van der Waals surface area contributed by atoms with E-state index in [1.165, 1.54) is 0 Å². The number of rotatable bonds is 6. The molecule has 30 heavy (non-hydrogen) atoms. The van der Waals surface area contributed by atoms with Gasteiger partial charge in [0.15, 0.2) is 0 Å².